The van der Waals surface area contributed by atoms with E-state index in [0.717, 1.165) is 29.5 Å². The maximum atomic E-state index is 12.8. The molecule has 0 saturated carbocycles. The molecule has 2 atom stereocenters. The minimum Gasteiger partial charge on any atom is -0.389 e. The minimum absolute atomic E-state index is 0.0467. The van der Waals surface area contributed by atoms with E-state index in [2.05, 4.69) is 25.8 Å². The van der Waals surface area contributed by atoms with E-state index in [1.54, 1.807) is 18.4 Å². The molecular weight excluding hydrogens is 402 g/mol. The van der Waals surface area contributed by atoms with Crippen molar-refractivity contribution in [1.82, 2.24) is 14.9 Å². The first-order chi connectivity index (χ1) is 14.4. The third kappa shape index (κ3) is 6.11. The Morgan fingerprint density at radius 1 is 1.37 bits per heavy atom. The van der Waals surface area contributed by atoms with Gasteiger partial charge in [0, 0.05) is 31.7 Å². The highest BCUT2D eigenvalue weighted by Gasteiger charge is 2.23. The van der Waals surface area contributed by atoms with Crippen LogP contribution in [0.4, 0.5) is 0 Å². The summed E-state index contributed by atoms with van der Waals surface area (Å²) in [6.45, 7) is 9.41. The molecule has 2 N–H and O–H groups in total. The van der Waals surface area contributed by atoms with Crippen LogP contribution in [0.15, 0.2) is 4.79 Å². The molecule has 30 heavy (non-hydrogen) atoms. The van der Waals surface area contributed by atoms with Crippen molar-refractivity contribution in [2.75, 3.05) is 40.0 Å². The number of methoxy groups -OCH3 is 1. The highest BCUT2D eigenvalue weighted by atomic mass is 32.1. The highest BCUT2D eigenvalue weighted by Crippen LogP contribution is 2.35. The summed E-state index contributed by atoms with van der Waals surface area (Å²) in [6, 6.07) is 0. The van der Waals surface area contributed by atoms with E-state index in [9.17, 15) is 9.90 Å². The second-order valence-corrected chi connectivity index (χ2v) is 9.94. The van der Waals surface area contributed by atoms with Gasteiger partial charge in [-0.1, -0.05) is 20.8 Å². The fourth-order valence-corrected chi connectivity index (χ4v) is 5.33. The summed E-state index contributed by atoms with van der Waals surface area (Å²) >= 11 is 1.66. The maximum Gasteiger partial charge on any atom is 0.259 e. The normalized spacial score (nSPS) is 17.8. The summed E-state index contributed by atoms with van der Waals surface area (Å²) in [5.74, 6) is 1.72. The van der Waals surface area contributed by atoms with Crippen molar-refractivity contribution in [2.45, 2.75) is 52.7 Å². The SMILES string of the molecule is COCCN(Cc1nc2sc3c(c2c(=O)[nH]1)CC[C@@H](C)C3)C[C@@H](O)COCC(C)C. The third-order valence-electron chi connectivity index (χ3n) is 5.43. The second kappa shape index (κ2) is 10.8. The predicted molar refractivity (Wildman–Crippen MR) is 120 cm³/mol. The van der Waals surface area contributed by atoms with E-state index in [-0.39, 0.29) is 5.56 Å². The molecule has 0 unspecified atom stereocenters. The van der Waals surface area contributed by atoms with Crippen LogP contribution in [0.1, 0.15) is 43.5 Å². The van der Waals surface area contributed by atoms with Gasteiger partial charge in [0.15, 0.2) is 0 Å². The number of nitrogens with one attached hydrogen (secondary N) is 1. The average Bonchev–Trinajstić information content (AvgIpc) is 3.03. The van der Waals surface area contributed by atoms with Gasteiger partial charge in [-0.3, -0.25) is 9.69 Å². The Morgan fingerprint density at radius 3 is 2.90 bits per heavy atom. The predicted octanol–water partition coefficient (Wildman–Crippen LogP) is 2.59. The number of fused-ring (bicyclic) bond motifs is 3. The van der Waals surface area contributed by atoms with E-state index in [0.29, 0.717) is 57.1 Å². The van der Waals surface area contributed by atoms with Crippen molar-refractivity contribution < 1.29 is 14.6 Å². The van der Waals surface area contributed by atoms with Crippen molar-refractivity contribution in [2.24, 2.45) is 11.8 Å². The number of ether oxygens (including phenoxy) is 2. The first-order valence-corrected chi connectivity index (χ1v) is 11.7. The molecule has 0 saturated heterocycles. The lowest BCUT2D eigenvalue weighted by Gasteiger charge is -2.24. The largest absolute Gasteiger partial charge is 0.389 e. The molecule has 2 heterocycles. The van der Waals surface area contributed by atoms with Crippen LogP contribution < -0.4 is 5.56 Å². The smallest absolute Gasteiger partial charge is 0.259 e. The summed E-state index contributed by atoms with van der Waals surface area (Å²) < 4.78 is 10.8. The topological polar surface area (TPSA) is 87.7 Å². The van der Waals surface area contributed by atoms with Gasteiger partial charge in [-0.2, -0.15) is 0 Å². The first kappa shape index (κ1) is 23.3. The molecule has 168 valence electrons. The summed E-state index contributed by atoms with van der Waals surface area (Å²) in [6.07, 6.45) is 2.52. The Balaban J connectivity index is 1.72. The van der Waals surface area contributed by atoms with Crippen LogP contribution in [-0.2, 0) is 28.9 Å². The van der Waals surface area contributed by atoms with Gasteiger partial charge < -0.3 is 19.6 Å². The van der Waals surface area contributed by atoms with Gasteiger partial charge >= 0.3 is 0 Å². The average molecular weight is 438 g/mol. The Morgan fingerprint density at radius 2 is 2.17 bits per heavy atom. The van der Waals surface area contributed by atoms with E-state index < -0.39 is 6.10 Å². The van der Waals surface area contributed by atoms with Gasteiger partial charge in [-0.15, -0.1) is 11.3 Å². The molecule has 0 fully saturated rings. The molecular formula is C22H35N3O4S. The summed E-state index contributed by atoms with van der Waals surface area (Å²) in [7, 11) is 1.66. The highest BCUT2D eigenvalue weighted by molar-refractivity contribution is 7.18. The lowest BCUT2D eigenvalue weighted by atomic mass is 9.89. The number of rotatable bonds is 11. The summed E-state index contributed by atoms with van der Waals surface area (Å²) in [5.41, 5.74) is 1.15. The Labute approximate surface area is 182 Å². The molecule has 0 spiro atoms. The minimum atomic E-state index is -0.605. The van der Waals surface area contributed by atoms with Crippen molar-refractivity contribution >= 4 is 21.6 Å². The number of aliphatic hydroxyl groups excluding tert-OH is 1. The van der Waals surface area contributed by atoms with Crippen LogP contribution in [0.3, 0.4) is 0 Å². The van der Waals surface area contributed by atoms with Crippen LogP contribution in [0.2, 0.25) is 0 Å². The monoisotopic (exact) mass is 437 g/mol. The van der Waals surface area contributed by atoms with E-state index in [1.807, 2.05) is 4.90 Å². The number of aromatic amines is 1. The van der Waals surface area contributed by atoms with Gasteiger partial charge in [0.25, 0.3) is 5.56 Å². The molecule has 2 aromatic rings. The lowest BCUT2D eigenvalue weighted by Crippen LogP contribution is -2.37. The van der Waals surface area contributed by atoms with Gasteiger partial charge in [-0.05, 0) is 36.7 Å². The molecule has 7 nitrogen and oxygen atoms in total. The summed E-state index contributed by atoms with van der Waals surface area (Å²) in [5, 5.41) is 11.1. The number of thiophene rings is 1. The zero-order valence-corrected chi connectivity index (χ0v) is 19.4. The van der Waals surface area contributed by atoms with Crippen molar-refractivity contribution in [3.05, 3.63) is 26.6 Å². The molecule has 0 bridgehead atoms. The van der Waals surface area contributed by atoms with Crippen LogP contribution in [0.25, 0.3) is 10.2 Å². The zero-order chi connectivity index (χ0) is 21.7. The molecule has 0 amide bonds. The number of H-pyrrole nitrogens is 1. The Hall–Kier alpha value is -1.32. The van der Waals surface area contributed by atoms with Gasteiger partial charge in [0.1, 0.15) is 10.7 Å². The molecule has 0 aromatic carbocycles. The van der Waals surface area contributed by atoms with Crippen LogP contribution in [0.5, 0.6) is 0 Å². The maximum absolute atomic E-state index is 12.8. The van der Waals surface area contributed by atoms with Crippen LogP contribution in [-0.4, -0.2) is 66.1 Å². The Kier molecular flexibility index (Phi) is 8.42. The third-order valence-corrected chi connectivity index (χ3v) is 6.58. The van der Waals surface area contributed by atoms with E-state index in [4.69, 9.17) is 14.5 Å². The van der Waals surface area contributed by atoms with Crippen molar-refractivity contribution in [1.29, 1.82) is 0 Å². The molecule has 1 aliphatic carbocycles. The number of aromatic nitrogens is 2. The van der Waals surface area contributed by atoms with Crippen molar-refractivity contribution in [3.8, 4) is 0 Å². The fraction of sp³-hybridized carbons (Fsp3) is 0.727. The van der Waals surface area contributed by atoms with Crippen molar-refractivity contribution in [3.63, 3.8) is 0 Å². The molecule has 8 heteroatoms. The number of aliphatic hydroxyl groups is 1. The lowest BCUT2D eigenvalue weighted by molar-refractivity contribution is 0.00296. The fourth-order valence-electron chi connectivity index (χ4n) is 3.93. The summed E-state index contributed by atoms with van der Waals surface area (Å²) in [4.78, 5) is 24.8. The quantitative estimate of drug-likeness (QED) is 0.562. The Bertz CT molecular complexity index is 879. The van der Waals surface area contributed by atoms with Gasteiger partial charge in [-0.25, -0.2) is 4.98 Å². The van der Waals surface area contributed by atoms with Gasteiger partial charge in [0.05, 0.1) is 31.2 Å². The van der Waals surface area contributed by atoms with Crippen LogP contribution in [0, 0.1) is 11.8 Å². The number of hydrogen-bond donors (Lipinski definition) is 2. The molecule has 1 aliphatic rings. The number of nitrogens with zero attached hydrogens (tertiary/aromatic N) is 2. The zero-order valence-electron chi connectivity index (χ0n) is 18.6. The number of aryl methyl sites for hydroxylation is 1. The molecule has 0 aliphatic heterocycles. The number of hydrogen-bond acceptors (Lipinski definition) is 7. The standard InChI is InChI=1S/C22H35N3O4S/c1-14(2)12-29-13-16(26)10-25(7-8-28-4)11-19-23-21(27)20-17-6-5-15(3)9-18(17)30-22(20)24-19/h14-16,26H,5-13H2,1-4H3,(H,23,24,27)/t15-,16-/m1/s1. The molecule has 3 rings (SSSR count). The van der Waals surface area contributed by atoms with Crippen LogP contribution >= 0.6 is 11.3 Å². The second-order valence-electron chi connectivity index (χ2n) is 8.86. The molecule has 0 radical (unpaired) electrons. The first-order valence-electron chi connectivity index (χ1n) is 10.9. The van der Waals surface area contributed by atoms with E-state index >= 15 is 0 Å². The molecule has 2 aromatic heterocycles. The van der Waals surface area contributed by atoms with Gasteiger partial charge in [0.2, 0.25) is 0 Å². The van der Waals surface area contributed by atoms with E-state index in [1.165, 1.54) is 10.4 Å².